The molecule has 0 radical (unpaired) electrons. The van der Waals surface area contributed by atoms with E-state index in [9.17, 15) is 5.26 Å². The van der Waals surface area contributed by atoms with Crippen LogP contribution in [0.25, 0.3) is 0 Å². The highest BCUT2D eigenvalue weighted by atomic mass is 33.1. The number of nitriles is 1. The fourth-order valence-electron chi connectivity index (χ4n) is 7.71. The van der Waals surface area contributed by atoms with Gasteiger partial charge < -0.3 is 0 Å². The average molecular weight is 374 g/mol. The van der Waals surface area contributed by atoms with Gasteiger partial charge in [-0.05, 0) is 86.4 Å². The van der Waals surface area contributed by atoms with E-state index >= 15 is 0 Å². The van der Waals surface area contributed by atoms with Crippen molar-refractivity contribution in [2.45, 2.75) is 70.0 Å². The molecule has 5 rings (SSSR count). The van der Waals surface area contributed by atoms with E-state index in [0.717, 1.165) is 36.0 Å². The summed E-state index contributed by atoms with van der Waals surface area (Å²) in [5.74, 6) is 5.99. The second-order valence-corrected chi connectivity index (χ2v) is 12.7. The Bertz CT molecular complexity index is 628. The van der Waals surface area contributed by atoms with Crippen LogP contribution in [0, 0.1) is 52.3 Å². The van der Waals surface area contributed by atoms with E-state index in [2.05, 4.69) is 47.6 Å². The Balaban J connectivity index is 1.46. The van der Waals surface area contributed by atoms with Gasteiger partial charge in [-0.2, -0.15) is 5.26 Å². The minimum atomic E-state index is 0.319. The predicted octanol–water partition coefficient (Wildman–Crippen LogP) is 6.47. The minimum Gasteiger partial charge on any atom is -0.198 e. The standard InChI is InChI=1S/C22H31NS2/c1-14-11-15-12-22(9-10-24-25-22)8-6-17(15)18-5-7-21(2)16(13-23)3-4-19(21)20(14)18/h12,14,16-20H,3-11H2,1-2H3/t14-,16-,17+,18-,19+,20-,21-,22?/m1/s1. The molecular formula is C22H31NS2. The molecule has 0 N–H and O–H groups in total. The molecule has 1 unspecified atom stereocenters. The van der Waals surface area contributed by atoms with Crippen molar-refractivity contribution in [3.63, 3.8) is 0 Å². The van der Waals surface area contributed by atoms with E-state index in [1.807, 2.05) is 5.57 Å². The summed E-state index contributed by atoms with van der Waals surface area (Å²) >= 11 is 0. The molecule has 4 aliphatic carbocycles. The third-order valence-corrected chi connectivity index (χ3v) is 12.1. The van der Waals surface area contributed by atoms with Crippen molar-refractivity contribution in [2.75, 3.05) is 5.75 Å². The quantitative estimate of drug-likeness (QED) is 0.359. The molecule has 0 aromatic rings. The van der Waals surface area contributed by atoms with Crippen LogP contribution in [0.3, 0.4) is 0 Å². The molecule has 0 aromatic carbocycles. The van der Waals surface area contributed by atoms with Crippen LogP contribution in [0.4, 0.5) is 0 Å². The fraction of sp³-hybridized carbons (Fsp3) is 0.864. The first-order chi connectivity index (χ1) is 12.1. The lowest BCUT2D eigenvalue weighted by Gasteiger charge is -2.56. The van der Waals surface area contributed by atoms with Crippen LogP contribution in [0.1, 0.15) is 65.2 Å². The number of hydrogen-bond donors (Lipinski definition) is 0. The molecule has 25 heavy (non-hydrogen) atoms. The Morgan fingerprint density at radius 2 is 2.04 bits per heavy atom. The maximum atomic E-state index is 9.67. The Morgan fingerprint density at radius 3 is 2.80 bits per heavy atom. The van der Waals surface area contributed by atoms with Gasteiger partial charge >= 0.3 is 0 Å². The lowest BCUT2D eigenvalue weighted by Crippen LogP contribution is -2.49. The van der Waals surface area contributed by atoms with Gasteiger partial charge in [-0.15, -0.1) is 0 Å². The van der Waals surface area contributed by atoms with Crippen LogP contribution >= 0.6 is 21.6 Å². The molecule has 3 heteroatoms. The summed E-state index contributed by atoms with van der Waals surface area (Å²) in [6.45, 7) is 5.01. The van der Waals surface area contributed by atoms with Crippen LogP contribution in [0.5, 0.6) is 0 Å². The number of fused-ring (bicyclic) bond motifs is 5. The first-order valence-electron chi connectivity index (χ1n) is 10.5. The zero-order valence-electron chi connectivity index (χ0n) is 15.7. The maximum absolute atomic E-state index is 9.67. The summed E-state index contributed by atoms with van der Waals surface area (Å²) in [7, 11) is 4.27. The first kappa shape index (κ1) is 17.1. The van der Waals surface area contributed by atoms with E-state index in [1.54, 1.807) is 0 Å². The third kappa shape index (κ3) is 2.42. The molecule has 0 bridgehead atoms. The SMILES string of the molecule is C[C@@H]1CC2=CC3(CCSS3)CC[C@@H]2[C@H]2CC[C@]3(C)[C@@H](C#N)CC[C@H]3[C@@H]21. The van der Waals surface area contributed by atoms with Crippen LogP contribution in [-0.2, 0) is 0 Å². The highest BCUT2D eigenvalue weighted by molar-refractivity contribution is 8.77. The molecule has 1 saturated heterocycles. The predicted molar refractivity (Wildman–Crippen MR) is 108 cm³/mol. The zero-order chi connectivity index (χ0) is 17.2. The minimum absolute atomic E-state index is 0.319. The van der Waals surface area contributed by atoms with Gasteiger partial charge in [0.15, 0.2) is 0 Å². The molecule has 1 nitrogen and oxygen atoms in total. The van der Waals surface area contributed by atoms with Crippen molar-refractivity contribution in [3.8, 4) is 6.07 Å². The summed E-state index contributed by atoms with van der Waals surface area (Å²) < 4.78 is 0.492. The van der Waals surface area contributed by atoms with E-state index in [1.165, 1.54) is 50.7 Å². The van der Waals surface area contributed by atoms with Crippen LogP contribution < -0.4 is 0 Å². The monoisotopic (exact) mass is 373 g/mol. The summed E-state index contributed by atoms with van der Waals surface area (Å²) in [4.78, 5) is 0. The molecule has 1 heterocycles. The van der Waals surface area contributed by atoms with Gasteiger partial charge in [0.25, 0.3) is 0 Å². The van der Waals surface area contributed by atoms with E-state index in [-0.39, 0.29) is 0 Å². The topological polar surface area (TPSA) is 23.8 Å². The lowest BCUT2D eigenvalue weighted by atomic mass is 9.48. The van der Waals surface area contributed by atoms with Crippen molar-refractivity contribution in [1.82, 2.24) is 0 Å². The highest BCUT2D eigenvalue weighted by Crippen LogP contribution is 2.66. The summed E-state index contributed by atoms with van der Waals surface area (Å²) in [5, 5.41) is 9.67. The highest BCUT2D eigenvalue weighted by Gasteiger charge is 2.58. The molecule has 1 aliphatic heterocycles. The van der Waals surface area contributed by atoms with Gasteiger partial charge in [-0.1, -0.05) is 47.1 Å². The summed E-state index contributed by atoms with van der Waals surface area (Å²) in [6, 6.07) is 2.69. The Hall–Kier alpha value is -0.0700. The Labute approximate surface area is 161 Å². The van der Waals surface area contributed by atoms with Crippen LogP contribution in [0.15, 0.2) is 11.6 Å². The Kier molecular flexibility index (Phi) is 4.07. The molecule has 4 fully saturated rings. The normalized spacial score (nSPS) is 54.4. The zero-order valence-corrected chi connectivity index (χ0v) is 17.3. The number of nitrogens with zero attached hydrogens (tertiary/aromatic N) is 1. The first-order valence-corrected chi connectivity index (χ1v) is 12.8. The molecule has 8 atom stereocenters. The number of allylic oxidation sites excluding steroid dienone is 1. The summed E-state index contributed by atoms with van der Waals surface area (Å²) in [5.41, 5.74) is 2.16. The van der Waals surface area contributed by atoms with Crippen molar-refractivity contribution < 1.29 is 0 Å². The van der Waals surface area contributed by atoms with Gasteiger partial charge in [0.1, 0.15) is 0 Å². The van der Waals surface area contributed by atoms with Gasteiger partial charge in [0.05, 0.1) is 12.0 Å². The molecule has 0 amide bonds. The molecule has 0 aromatic heterocycles. The van der Waals surface area contributed by atoms with E-state index in [4.69, 9.17) is 0 Å². The van der Waals surface area contributed by atoms with Gasteiger partial charge in [0, 0.05) is 10.5 Å². The Morgan fingerprint density at radius 1 is 1.16 bits per heavy atom. The fourth-order valence-corrected chi connectivity index (χ4v) is 11.0. The molecular weight excluding hydrogens is 342 g/mol. The second-order valence-electron chi connectivity index (χ2n) is 9.92. The molecule has 1 spiro atoms. The number of rotatable bonds is 0. The van der Waals surface area contributed by atoms with Crippen molar-refractivity contribution in [1.29, 1.82) is 5.26 Å². The summed E-state index contributed by atoms with van der Waals surface area (Å²) in [6.07, 6.45) is 13.5. The van der Waals surface area contributed by atoms with E-state index < -0.39 is 0 Å². The van der Waals surface area contributed by atoms with Crippen LogP contribution in [0.2, 0.25) is 0 Å². The van der Waals surface area contributed by atoms with Crippen molar-refractivity contribution >= 4 is 21.6 Å². The average Bonchev–Trinajstić information content (AvgIpc) is 3.18. The largest absolute Gasteiger partial charge is 0.198 e. The third-order valence-electron chi connectivity index (χ3n) is 8.91. The van der Waals surface area contributed by atoms with Crippen molar-refractivity contribution in [3.05, 3.63) is 11.6 Å². The van der Waals surface area contributed by atoms with Crippen molar-refractivity contribution in [2.24, 2.45) is 40.9 Å². The van der Waals surface area contributed by atoms with E-state index in [0.29, 0.717) is 16.1 Å². The van der Waals surface area contributed by atoms with Gasteiger partial charge in [0.2, 0.25) is 0 Å². The molecule has 136 valence electrons. The molecule has 5 aliphatic rings. The number of hydrogen-bond acceptors (Lipinski definition) is 3. The van der Waals surface area contributed by atoms with Crippen LogP contribution in [-0.4, -0.2) is 10.5 Å². The maximum Gasteiger partial charge on any atom is 0.0661 e. The molecule has 3 saturated carbocycles. The van der Waals surface area contributed by atoms with Gasteiger partial charge in [-0.3, -0.25) is 0 Å². The smallest absolute Gasteiger partial charge is 0.0661 e. The van der Waals surface area contributed by atoms with Gasteiger partial charge in [-0.25, -0.2) is 0 Å². The lowest BCUT2D eigenvalue weighted by molar-refractivity contribution is -0.0391. The second kappa shape index (κ2) is 5.96.